The SMILES string of the molecule is COc1cc(C)c(-c2cc(C(=O)O)on2)cc1C. The van der Waals surface area contributed by atoms with Crippen LogP contribution in [-0.2, 0) is 0 Å². The first-order valence-corrected chi connectivity index (χ1v) is 5.38. The van der Waals surface area contributed by atoms with E-state index in [1.54, 1.807) is 7.11 Å². The van der Waals surface area contributed by atoms with Gasteiger partial charge < -0.3 is 14.4 Å². The summed E-state index contributed by atoms with van der Waals surface area (Å²) in [5.41, 5.74) is 3.25. The predicted molar refractivity (Wildman–Crippen MR) is 64.9 cm³/mol. The summed E-state index contributed by atoms with van der Waals surface area (Å²) < 4.78 is 9.97. The summed E-state index contributed by atoms with van der Waals surface area (Å²) >= 11 is 0. The molecule has 5 nitrogen and oxygen atoms in total. The van der Waals surface area contributed by atoms with Crippen molar-refractivity contribution >= 4 is 5.97 Å². The van der Waals surface area contributed by atoms with E-state index in [-0.39, 0.29) is 5.76 Å². The van der Waals surface area contributed by atoms with Crippen LogP contribution in [0.5, 0.6) is 5.75 Å². The fraction of sp³-hybridized carbons (Fsp3) is 0.231. The molecule has 1 N–H and O–H groups in total. The minimum Gasteiger partial charge on any atom is -0.496 e. The molecule has 2 aromatic rings. The maximum atomic E-state index is 10.7. The van der Waals surface area contributed by atoms with Crippen molar-refractivity contribution in [3.8, 4) is 17.0 Å². The number of carboxylic acid groups (broad SMARTS) is 1. The highest BCUT2D eigenvalue weighted by Crippen LogP contribution is 2.29. The Bertz CT molecular complexity index is 601. The normalized spacial score (nSPS) is 10.4. The quantitative estimate of drug-likeness (QED) is 0.902. The summed E-state index contributed by atoms with van der Waals surface area (Å²) in [6, 6.07) is 5.20. The van der Waals surface area contributed by atoms with Crippen LogP contribution in [0.15, 0.2) is 22.7 Å². The fourth-order valence-electron chi connectivity index (χ4n) is 1.79. The van der Waals surface area contributed by atoms with Gasteiger partial charge in [0.25, 0.3) is 0 Å². The number of hydrogen-bond donors (Lipinski definition) is 1. The van der Waals surface area contributed by atoms with Crippen LogP contribution < -0.4 is 4.74 Å². The molecule has 0 atom stereocenters. The van der Waals surface area contributed by atoms with Crippen LogP contribution in [0.2, 0.25) is 0 Å². The van der Waals surface area contributed by atoms with E-state index in [1.807, 2.05) is 26.0 Å². The van der Waals surface area contributed by atoms with Gasteiger partial charge >= 0.3 is 5.97 Å². The Labute approximate surface area is 104 Å². The maximum absolute atomic E-state index is 10.7. The number of carboxylic acids is 1. The number of aromatic carboxylic acids is 1. The topological polar surface area (TPSA) is 72.6 Å². The molecule has 0 radical (unpaired) electrons. The molecule has 0 aliphatic heterocycles. The minimum atomic E-state index is -1.13. The van der Waals surface area contributed by atoms with E-state index in [1.165, 1.54) is 6.07 Å². The molecular formula is C13H13NO4. The molecule has 0 fully saturated rings. The van der Waals surface area contributed by atoms with Gasteiger partial charge in [0.1, 0.15) is 11.4 Å². The standard InChI is InChI=1S/C13H13NO4/c1-7-5-11(17-3)8(2)4-9(7)10-6-12(13(15)16)18-14-10/h4-6H,1-3H3,(H,15,16). The lowest BCUT2D eigenvalue weighted by Crippen LogP contribution is -1.92. The third kappa shape index (κ3) is 2.07. The first-order valence-electron chi connectivity index (χ1n) is 5.38. The van der Waals surface area contributed by atoms with E-state index in [2.05, 4.69) is 5.16 Å². The minimum absolute atomic E-state index is 0.169. The molecule has 18 heavy (non-hydrogen) atoms. The number of hydrogen-bond acceptors (Lipinski definition) is 4. The van der Waals surface area contributed by atoms with Gasteiger partial charge in [-0.2, -0.15) is 0 Å². The highest BCUT2D eigenvalue weighted by molar-refractivity contribution is 5.86. The van der Waals surface area contributed by atoms with Gasteiger partial charge in [0, 0.05) is 11.6 Å². The number of carbonyl (C=O) groups is 1. The largest absolute Gasteiger partial charge is 0.496 e. The number of aryl methyl sites for hydroxylation is 2. The van der Waals surface area contributed by atoms with Crippen molar-refractivity contribution < 1.29 is 19.2 Å². The summed E-state index contributed by atoms with van der Waals surface area (Å²) in [4.78, 5) is 10.7. The lowest BCUT2D eigenvalue weighted by Gasteiger charge is -2.09. The lowest BCUT2D eigenvalue weighted by molar-refractivity contribution is 0.0652. The molecule has 1 heterocycles. The second-order valence-corrected chi connectivity index (χ2v) is 4.02. The van der Waals surface area contributed by atoms with Gasteiger partial charge in [-0.15, -0.1) is 0 Å². The third-order valence-corrected chi connectivity index (χ3v) is 2.74. The highest BCUT2D eigenvalue weighted by Gasteiger charge is 2.15. The average molecular weight is 247 g/mol. The Morgan fingerprint density at radius 2 is 2.00 bits per heavy atom. The van der Waals surface area contributed by atoms with Gasteiger partial charge in [0.05, 0.1) is 7.11 Å². The van der Waals surface area contributed by atoms with Crippen LogP contribution in [0.25, 0.3) is 11.3 Å². The van der Waals surface area contributed by atoms with E-state index in [4.69, 9.17) is 14.4 Å². The zero-order valence-electron chi connectivity index (χ0n) is 10.4. The summed E-state index contributed by atoms with van der Waals surface area (Å²) in [6.45, 7) is 3.83. The van der Waals surface area contributed by atoms with Crippen molar-refractivity contribution in [2.75, 3.05) is 7.11 Å². The Balaban J connectivity index is 2.50. The zero-order chi connectivity index (χ0) is 13.3. The van der Waals surface area contributed by atoms with Crippen molar-refractivity contribution in [2.24, 2.45) is 0 Å². The molecule has 94 valence electrons. The van der Waals surface area contributed by atoms with Crippen LogP contribution in [0, 0.1) is 13.8 Å². The Hall–Kier alpha value is -2.30. The fourth-order valence-corrected chi connectivity index (χ4v) is 1.79. The van der Waals surface area contributed by atoms with E-state index in [0.29, 0.717) is 5.69 Å². The van der Waals surface area contributed by atoms with Gasteiger partial charge in [0.15, 0.2) is 0 Å². The molecule has 0 aliphatic rings. The zero-order valence-corrected chi connectivity index (χ0v) is 10.4. The first-order chi connectivity index (χ1) is 8.52. The predicted octanol–water partition coefficient (Wildman–Crippen LogP) is 2.67. The van der Waals surface area contributed by atoms with Gasteiger partial charge in [-0.05, 0) is 37.1 Å². The molecular weight excluding hydrogens is 234 g/mol. The van der Waals surface area contributed by atoms with Crippen LogP contribution in [0.3, 0.4) is 0 Å². The number of aromatic nitrogens is 1. The molecule has 0 bridgehead atoms. The van der Waals surface area contributed by atoms with Crippen molar-refractivity contribution in [2.45, 2.75) is 13.8 Å². The first kappa shape index (κ1) is 12.2. The molecule has 0 aliphatic carbocycles. The molecule has 0 saturated heterocycles. The van der Waals surface area contributed by atoms with Gasteiger partial charge in [-0.25, -0.2) is 4.79 Å². The smallest absolute Gasteiger partial charge is 0.374 e. The number of benzene rings is 1. The molecule has 1 aromatic carbocycles. The summed E-state index contributed by atoms with van der Waals surface area (Å²) in [6.07, 6.45) is 0. The second-order valence-electron chi connectivity index (χ2n) is 4.02. The van der Waals surface area contributed by atoms with Gasteiger partial charge in [0.2, 0.25) is 5.76 Å². The summed E-state index contributed by atoms with van der Waals surface area (Å²) in [5.74, 6) is -0.507. The molecule has 1 aromatic heterocycles. The Morgan fingerprint density at radius 1 is 1.28 bits per heavy atom. The van der Waals surface area contributed by atoms with Crippen molar-refractivity contribution in [1.82, 2.24) is 5.16 Å². The Kier molecular flexibility index (Phi) is 3.06. The van der Waals surface area contributed by atoms with Crippen LogP contribution in [-0.4, -0.2) is 23.3 Å². The van der Waals surface area contributed by atoms with Crippen molar-refractivity contribution in [3.63, 3.8) is 0 Å². The van der Waals surface area contributed by atoms with Crippen LogP contribution >= 0.6 is 0 Å². The van der Waals surface area contributed by atoms with E-state index < -0.39 is 5.97 Å². The van der Waals surface area contributed by atoms with Crippen LogP contribution in [0.4, 0.5) is 0 Å². The summed E-state index contributed by atoms with van der Waals surface area (Å²) in [7, 11) is 1.61. The molecule has 0 spiro atoms. The Morgan fingerprint density at radius 3 is 2.56 bits per heavy atom. The third-order valence-electron chi connectivity index (χ3n) is 2.74. The van der Waals surface area contributed by atoms with Gasteiger partial charge in [-0.1, -0.05) is 5.16 Å². The maximum Gasteiger partial charge on any atom is 0.374 e. The number of ether oxygens (including phenoxy) is 1. The van der Waals surface area contributed by atoms with Crippen molar-refractivity contribution in [3.05, 3.63) is 35.1 Å². The second kappa shape index (κ2) is 4.52. The molecule has 0 amide bonds. The molecule has 0 saturated carbocycles. The molecule has 0 unspecified atom stereocenters. The number of methoxy groups -OCH3 is 1. The van der Waals surface area contributed by atoms with E-state index in [9.17, 15) is 4.79 Å². The van der Waals surface area contributed by atoms with E-state index in [0.717, 1.165) is 22.4 Å². The number of rotatable bonds is 3. The number of nitrogens with zero attached hydrogens (tertiary/aromatic N) is 1. The van der Waals surface area contributed by atoms with Crippen molar-refractivity contribution in [1.29, 1.82) is 0 Å². The molecule has 2 rings (SSSR count). The van der Waals surface area contributed by atoms with E-state index >= 15 is 0 Å². The highest BCUT2D eigenvalue weighted by atomic mass is 16.5. The average Bonchev–Trinajstić information content (AvgIpc) is 2.81. The monoisotopic (exact) mass is 247 g/mol. The summed E-state index contributed by atoms with van der Waals surface area (Å²) in [5, 5.41) is 12.6. The van der Waals surface area contributed by atoms with Gasteiger partial charge in [-0.3, -0.25) is 0 Å². The van der Waals surface area contributed by atoms with Crippen LogP contribution in [0.1, 0.15) is 21.7 Å². The molecule has 5 heteroatoms. The lowest BCUT2D eigenvalue weighted by atomic mass is 10.0.